The monoisotopic (exact) mass is 274 g/mol. The Balaban J connectivity index is 1.86. The van der Waals surface area contributed by atoms with Gasteiger partial charge < -0.3 is 4.42 Å². The average molecular weight is 274 g/mol. The summed E-state index contributed by atoms with van der Waals surface area (Å²) in [5.74, 6) is -0.526. The van der Waals surface area contributed by atoms with Crippen molar-refractivity contribution in [1.29, 1.82) is 0 Å². The second-order valence-corrected chi connectivity index (χ2v) is 3.76. The average Bonchev–Trinajstić information content (AvgIpc) is 2.89. The van der Waals surface area contributed by atoms with Gasteiger partial charge in [-0.25, -0.2) is 5.43 Å². The molecule has 0 saturated carbocycles. The Morgan fingerprint density at radius 2 is 2.35 bits per heavy atom. The van der Waals surface area contributed by atoms with E-state index in [0.29, 0.717) is 0 Å². The number of carbonyl (C=O) groups is 1. The lowest BCUT2D eigenvalue weighted by molar-refractivity contribution is -0.402. The van der Waals surface area contributed by atoms with Gasteiger partial charge in [-0.3, -0.25) is 19.9 Å². The van der Waals surface area contributed by atoms with E-state index in [-0.39, 0.29) is 24.0 Å². The summed E-state index contributed by atoms with van der Waals surface area (Å²) in [6.07, 6.45) is 4.53. The number of hydrogen-bond acceptors (Lipinski definition) is 6. The first-order chi connectivity index (χ1) is 9.65. The summed E-state index contributed by atoms with van der Waals surface area (Å²) >= 11 is 0. The quantitative estimate of drug-likeness (QED) is 0.501. The molecule has 0 saturated heterocycles. The summed E-state index contributed by atoms with van der Waals surface area (Å²) in [5, 5.41) is 14.0. The molecule has 8 nitrogen and oxygen atoms in total. The lowest BCUT2D eigenvalue weighted by Gasteiger charge is -1.98. The molecule has 0 fully saturated rings. The van der Waals surface area contributed by atoms with Crippen molar-refractivity contribution in [2.45, 2.75) is 6.42 Å². The van der Waals surface area contributed by atoms with Gasteiger partial charge in [-0.1, -0.05) is 6.07 Å². The summed E-state index contributed by atoms with van der Waals surface area (Å²) in [6, 6.07) is 6.09. The summed E-state index contributed by atoms with van der Waals surface area (Å²) in [7, 11) is 0. The lowest BCUT2D eigenvalue weighted by Crippen LogP contribution is -2.19. The molecule has 0 aliphatic rings. The Morgan fingerprint density at radius 3 is 3.00 bits per heavy atom. The van der Waals surface area contributed by atoms with Crippen molar-refractivity contribution in [2.24, 2.45) is 5.10 Å². The van der Waals surface area contributed by atoms with Crippen LogP contribution in [0.3, 0.4) is 0 Å². The summed E-state index contributed by atoms with van der Waals surface area (Å²) in [6.45, 7) is 0. The highest BCUT2D eigenvalue weighted by atomic mass is 16.6. The molecule has 0 unspecified atom stereocenters. The largest absolute Gasteiger partial charge is 0.433 e. The number of rotatable bonds is 5. The van der Waals surface area contributed by atoms with Gasteiger partial charge in [0.15, 0.2) is 5.76 Å². The molecule has 0 aliphatic heterocycles. The Morgan fingerprint density at radius 1 is 1.50 bits per heavy atom. The second-order valence-electron chi connectivity index (χ2n) is 3.76. The number of nitrogens with one attached hydrogen (secondary N) is 1. The molecule has 2 aromatic heterocycles. The van der Waals surface area contributed by atoms with Gasteiger partial charge >= 0.3 is 5.88 Å². The fourth-order valence-corrected chi connectivity index (χ4v) is 1.41. The van der Waals surface area contributed by atoms with E-state index in [2.05, 4.69) is 15.5 Å². The molecule has 0 radical (unpaired) electrons. The topological polar surface area (TPSA) is 111 Å². The van der Waals surface area contributed by atoms with Gasteiger partial charge in [0, 0.05) is 12.4 Å². The molecule has 1 N–H and O–H groups in total. The smallest absolute Gasteiger partial charge is 0.400 e. The van der Waals surface area contributed by atoms with Crippen LogP contribution >= 0.6 is 0 Å². The SMILES string of the molecule is O=C(Cc1cccnc1)N/N=C/c1ccc([N+](=O)[O-])o1. The molecule has 0 bridgehead atoms. The van der Waals surface area contributed by atoms with E-state index in [1.807, 2.05) is 0 Å². The van der Waals surface area contributed by atoms with E-state index in [4.69, 9.17) is 4.42 Å². The van der Waals surface area contributed by atoms with Crippen molar-refractivity contribution in [3.63, 3.8) is 0 Å². The summed E-state index contributed by atoms with van der Waals surface area (Å²) < 4.78 is 4.84. The highest BCUT2D eigenvalue weighted by Crippen LogP contribution is 2.13. The maximum absolute atomic E-state index is 11.5. The van der Waals surface area contributed by atoms with Crippen molar-refractivity contribution >= 4 is 18.0 Å². The molecular weight excluding hydrogens is 264 g/mol. The van der Waals surface area contributed by atoms with Crippen molar-refractivity contribution in [1.82, 2.24) is 10.4 Å². The third-order valence-corrected chi connectivity index (χ3v) is 2.26. The molecule has 2 rings (SSSR count). The van der Waals surface area contributed by atoms with Crippen LogP contribution < -0.4 is 5.43 Å². The van der Waals surface area contributed by atoms with E-state index in [0.717, 1.165) is 5.56 Å². The zero-order valence-electron chi connectivity index (χ0n) is 10.2. The van der Waals surface area contributed by atoms with Gasteiger partial charge in [-0.2, -0.15) is 5.10 Å². The predicted octanol–water partition coefficient (Wildman–Crippen LogP) is 1.28. The van der Waals surface area contributed by atoms with E-state index in [9.17, 15) is 14.9 Å². The first kappa shape index (κ1) is 13.4. The number of nitro groups is 1. The zero-order chi connectivity index (χ0) is 14.4. The van der Waals surface area contributed by atoms with Gasteiger partial charge in [0.1, 0.15) is 4.92 Å². The number of hydrogen-bond donors (Lipinski definition) is 1. The Hall–Kier alpha value is -3.03. The van der Waals surface area contributed by atoms with Gasteiger partial charge in [0.2, 0.25) is 5.91 Å². The van der Waals surface area contributed by atoms with Crippen LogP contribution in [0.4, 0.5) is 5.88 Å². The molecule has 1 amide bonds. The molecule has 8 heteroatoms. The predicted molar refractivity (Wildman–Crippen MR) is 69.0 cm³/mol. The van der Waals surface area contributed by atoms with Crippen LogP contribution in [0.2, 0.25) is 0 Å². The van der Waals surface area contributed by atoms with Crippen LogP contribution in [-0.4, -0.2) is 22.0 Å². The number of aromatic nitrogens is 1. The Bertz CT molecular complexity index is 636. The Labute approximate surface area is 113 Å². The third-order valence-electron chi connectivity index (χ3n) is 2.26. The summed E-state index contributed by atoms with van der Waals surface area (Å²) in [4.78, 5) is 25.1. The second kappa shape index (κ2) is 6.23. The minimum atomic E-state index is -0.654. The molecule has 0 aliphatic carbocycles. The fraction of sp³-hybridized carbons (Fsp3) is 0.0833. The Kier molecular flexibility index (Phi) is 4.17. The van der Waals surface area contributed by atoms with Crippen LogP contribution in [0.15, 0.2) is 46.2 Å². The van der Waals surface area contributed by atoms with Gasteiger partial charge in [-0.15, -0.1) is 0 Å². The highest BCUT2D eigenvalue weighted by molar-refractivity contribution is 5.81. The minimum Gasteiger partial charge on any atom is -0.400 e. The number of furan rings is 1. The normalized spacial score (nSPS) is 10.6. The van der Waals surface area contributed by atoms with Gasteiger partial charge in [0.05, 0.1) is 18.7 Å². The molecule has 20 heavy (non-hydrogen) atoms. The maximum Gasteiger partial charge on any atom is 0.433 e. The van der Waals surface area contributed by atoms with Gasteiger partial charge in [0.25, 0.3) is 0 Å². The fourth-order valence-electron chi connectivity index (χ4n) is 1.41. The molecule has 102 valence electrons. The molecular formula is C12H10N4O4. The standard InChI is InChI=1S/C12H10N4O4/c17-11(6-9-2-1-5-13-7-9)15-14-8-10-3-4-12(20-10)16(18)19/h1-5,7-8H,6H2,(H,15,17)/b14-8+. The first-order valence-electron chi connectivity index (χ1n) is 5.60. The van der Waals surface area contributed by atoms with Crippen LogP contribution in [-0.2, 0) is 11.2 Å². The number of amides is 1. The van der Waals surface area contributed by atoms with Crippen molar-refractivity contribution in [3.05, 3.63) is 58.1 Å². The van der Waals surface area contributed by atoms with E-state index in [1.54, 1.807) is 24.5 Å². The van der Waals surface area contributed by atoms with Gasteiger partial charge in [-0.05, 0) is 17.7 Å². The van der Waals surface area contributed by atoms with E-state index in [1.165, 1.54) is 18.3 Å². The maximum atomic E-state index is 11.5. The van der Waals surface area contributed by atoms with Crippen molar-refractivity contribution in [2.75, 3.05) is 0 Å². The minimum absolute atomic E-state index is 0.142. The first-order valence-corrected chi connectivity index (χ1v) is 5.60. The van der Waals surface area contributed by atoms with Crippen molar-refractivity contribution in [3.8, 4) is 0 Å². The molecule has 2 aromatic rings. The number of hydrazone groups is 1. The van der Waals surface area contributed by atoms with Crippen LogP contribution in [0.25, 0.3) is 0 Å². The van der Waals surface area contributed by atoms with Crippen LogP contribution in [0.1, 0.15) is 11.3 Å². The molecule has 2 heterocycles. The van der Waals surface area contributed by atoms with Crippen LogP contribution in [0.5, 0.6) is 0 Å². The van der Waals surface area contributed by atoms with E-state index < -0.39 is 4.92 Å². The van der Waals surface area contributed by atoms with Crippen LogP contribution in [0, 0.1) is 10.1 Å². The number of nitrogens with zero attached hydrogens (tertiary/aromatic N) is 3. The summed E-state index contributed by atoms with van der Waals surface area (Å²) in [5.41, 5.74) is 3.05. The third kappa shape index (κ3) is 3.73. The molecule has 0 aromatic carbocycles. The highest BCUT2D eigenvalue weighted by Gasteiger charge is 2.10. The number of pyridine rings is 1. The number of carbonyl (C=O) groups excluding carboxylic acids is 1. The van der Waals surface area contributed by atoms with Crippen molar-refractivity contribution < 1.29 is 14.1 Å². The molecule has 0 atom stereocenters. The lowest BCUT2D eigenvalue weighted by atomic mass is 10.2. The van der Waals surface area contributed by atoms with E-state index >= 15 is 0 Å². The zero-order valence-corrected chi connectivity index (χ0v) is 10.2. The molecule has 0 spiro atoms.